The van der Waals surface area contributed by atoms with E-state index in [4.69, 9.17) is 28.9 Å². The summed E-state index contributed by atoms with van der Waals surface area (Å²) in [5, 5.41) is 4.06. The Morgan fingerprint density at radius 1 is 1.42 bits per heavy atom. The molecule has 1 atom stereocenters. The number of hydrogen-bond donors (Lipinski definition) is 2. The van der Waals surface area contributed by atoms with Crippen molar-refractivity contribution in [2.24, 2.45) is 11.1 Å². The average Bonchev–Trinajstić information content (AvgIpc) is 2.47. The molecule has 1 aromatic carbocycles. The smallest absolute Gasteiger partial charge is 0.234 e. The molecule has 3 N–H and O–H groups in total. The van der Waals surface area contributed by atoms with Crippen molar-refractivity contribution in [3.05, 3.63) is 33.8 Å². The van der Waals surface area contributed by atoms with Crippen LogP contribution in [-0.2, 0) is 11.2 Å². The first kappa shape index (κ1) is 21.5. The fourth-order valence-electron chi connectivity index (χ4n) is 2.96. The number of likely N-dealkylation sites (tertiary alicyclic amines) is 1. The first-order valence-electron chi connectivity index (χ1n) is 7.97. The van der Waals surface area contributed by atoms with E-state index in [2.05, 4.69) is 24.1 Å². The Hall–Kier alpha value is -0.520. The van der Waals surface area contributed by atoms with Gasteiger partial charge in [-0.3, -0.25) is 9.69 Å². The molecule has 0 aliphatic carbocycles. The van der Waals surface area contributed by atoms with Crippen LogP contribution in [0.5, 0.6) is 0 Å². The second kappa shape index (κ2) is 9.25. The molecule has 136 valence electrons. The molecule has 0 radical (unpaired) electrons. The van der Waals surface area contributed by atoms with Crippen LogP contribution in [0.3, 0.4) is 0 Å². The van der Waals surface area contributed by atoms with E-state index in [1.165, 1.54) is 0 Å². The normalized spacial score (nSPS) is 20.3. The third-order valence-corrected chi connectivity index (χ3v) is 5.36. The van der Waals surface area contributed by atoms with Crippen molar-refractivity contribution in [3.8, 4) is 0 Å². The minimum atomic E-state index is 0. The highest BCUT2D eigenvalue weighted by Gasteiger charge is 2.33. The van der Waals surface area contributed by atoms with Gasteiger partial charge in [-0.2, -0.15) is 0 Å². The lowest BCUT2D eigenvalue weighted by Gasteiger charge is -2.42. The summed E-state index contributed by atoms with van der Waals surface area (Å²) in [6.45, 7) is 7.00. The number of nitrogens with one attached hydrogen (secondary N) is 1. The highest BCUT2D eigenvalue weighted by molar-refractivity contribution is 6.42. The molecule has 24 heavy (non-hydrogen) atoms. The van der Waals surface area contributed by atoms with Gasteiger partial charge in [-0.1, -0.05) is 49.2 Å². The zero-order valence-corrected chi connectivity index (χ0v) is 16.5. The number of amides is 1. The van der Waals surface area contributed by atoms with Crippen LogP contribution in [0.25, 0.3) is 0 Å². The summed E-state index contributed by atoms with van der Waals surface area (Å²) in [7, 11) is 0. The Morgan fingerprint density at radius 2 is 2.12 bits per heavy atom. The number of carbonyl (C=O) groups is 1. The van der Waals surface area contributed by atoms with E-state index in [0.717, 1.165) is 25.1 Å². The standard InChI is InChI=1S/C17H25Cl2N3O.ClH/c1-17(2)11-22(9-7-14(17)20)10-15(23)21-8-6-12-4-3-5-13(18)16(12)19;/h3-5,14H,6-11,20H2,1-2H3,(H,21,23);1H. The molecule has 0 aromatic heterocycles. The predicted octanol–water partition coefficient (Wildman–Crippen LogP) is 3.13. The van der Waals surface area contributed by atoms with E-state index in [0.29, 0.717) is 29.6 Å². The van der Waals surface area contributed by atoms with Gasteiger partial charge in [0.1, 0.15) is 0 Å². The first-order chi connectivity index (χ1) is 10.8. The Balaban J connectivity index is 0.00000288. The van der Waals surface area contributed by atoms with Crippen molar-refractivity contribution in [1.29, 1.82) is 0 Å². The molecule has 7 heteroatoms. The lowest BCUT2D eigenvalue weighted by molar-refractivity contribution is -0.123. The fourth-order valence-corrected chi connectivity index (χ4v) is 3.37. The molecule has 1 aliphatic heterocycles. The maximum Gasteiger partial charge on any atom is 0.234 e. The third kappa shape index (κ3) is 5.78. The van der Waals surface area contributed by atoms with E-state index >= 15 is 0 Å². The largest absolute Gasteiger partial charge is 0.355 e. The number of halogens is 3. The molecule has 2 rings (SSSR count). The first-order valence-corrected chi connectivity index (χ1v) is 8.73. The van der Waals surface area contributed by atoms with Crippen LogP contribution in [0.15, 0.2) is 18.2 Å². The van der Waals surface area contributed by atoms with Crippen LogP contribution in [-0.4, -0.2) is 43.0 Å². The number of rotatable bonds is 5. The molecular weight excluding hydrogens is 369 g/mol. The summed E-state index contributed by atoms with van der Waals surface area (Å²) in [4.78, 5) is 14.3. The number of hydrogen-bond acceptors (Lipinski definition) is 3. The van der Waals surface area contributed by atoms with Gasteiger partial charge < -0.3 is 11.1 Å². The van der Waals surface area contributed by atoms with Crippen molar-refractivity contribution < 1.29 is 4.79 Å². The van der Waals surface area contributed by atoms with E-state index in [-0.39, 0.29) is 29.8 Å². The molecule has 1 fully saturated rings. The quantitative estimate of drug-likeness (QED) is 0.806. The highest BCUT2D eigenvalue weighted by Crippen LogP contribution is 2.27. The van der Waals surface area contributed by atoms with Crippen molar-refractivity contribution in [3.63, 3.8) is 0 Å². The highest BCUT2D eigenvalue weighted by atomic mass is 35.5. The van der Waals surface area contributed by atoms with Crippen LogP contribution in [0.2, 0.25) is 10.0 Å². The molecule has 1 aliphatic rings. The maximum atomic E-state index is 12.1. The minimum Gasteiger partial charge on any atom is -0.355 e. The molecule has 1 saturated heterocycles. The molecule has 1 amide bonds. The van der Waals surface area contributed by atoms with Crippen molar-refractivity contribution in [2.75, 3.05) is 26.2 Å². The topological polar surface area (TPSA) is 58.4 Å². The second-order valence-electron chi connectivity index (χ2n) is 6.91. The van der Waals surface area contributed by atoms with Gasteiger partial charge in [0.15, 0.2) is 0 Å². The van der Waals surface area contributed by atoms with Crippen molar-refractivity contribution in [2.45, 2.75) is 32.7 Å². The van der Waals surface area contributed by atoms with E-state index in [1.54, 1.807) is 6.07 Å². The monoisotopic (exact) mass is 393 g/mol. The fraction of sp³-hybridized carbons (Fsp3) is 0.588. The van der Waals surface area contributed by atoms with Crippen LogP contribution < -0.4 is 11.1 Å². The van der Waals surface area contributed by atoms with E-state index in [1.807, 2.05) is 12.1 Å². The van der Waals surface area contributed by atoms with Crippen molar-refractivity contribution >= 4 is 41.5 Å². The summed E-state index contributed by atoms with van der Waals surface area (Å²) in [6, 6.07) is 5.75. The Labute approximate surface area is 160 Å². The Morgan fingerprint density at radius 3 is 2.79 bits per heavy atom. The molecule has 0 saturated carbocycles. The van der Waals surface area contributed by atoms with Crippen LogP contribution >= 0.6 is 35.6 Å². The SMILES string of the molecule is CC1(C)CN(CC(=O)NCCc2cccc(Cl)c2Cl)CCC1N.Cl. The summed E-state index contributed by atoms with van der Waals surface area (Å²) >= 11 is 12.1. The maximum absolute atomic E-state index is 12.1. The Bertz CT molecular complexity index is 566. The lowest BCUT2D eigenvalue weighted by Crippen LogP contribution is -2.54. The number of nitrogens with two attached hydrogens (primary N) is 1. The number of piperidine rings is 1. The predicted molar refractivity (Wildman–Crippen MR) is 103 cm³/mol. The van der Waals surface area contributed by atoms with Gasteiger partial charge in [0.05, 0.1) is 16.6 Å². The molecule has 0 spiro atoms. The van der Waals surface area contributed by atoms with Crippen LogP contribution in [0, 0.1) is 5.41 Å². The molecule has 1 heterocycles. The van der Waals surface area contributed by atoms with Crippen LogP contribution in [0.4, 0.5) is 0 Å². The average molecular weight is 395 g/mol. The molecule has 1 unspecified atom stereocenters. The van der Waals surface area contributed by atoms with Gasteiger partial charge in [-0.15, -0.1) is 12.4 Å². The molecule has 0 bridgehead atoms. The lowest BCUT2D eigenvalue weighted by atomic mass is 9.80. The zero-order valence-electron chi connectivity index (χ0n) is 14.1. The van der Waals surface area contributed by atoms with Gasteiger partial charge in [-0.25, -0.2) is 0 Å². The third-order valence-electron chi connectivity index (χ3n) is 4.51. The van der Waals surface area contributed by atoms with Gasteiger partial charge in [0.25, 0.3) is 0 Å². The summed E-state index contributed by atoms with van der Waals surface area (Å²) in [6.07, 6.45) is 1.60. The van der Waals surface area contributed by atoms with Crippen molar-refractivity contribution in [1.82, 2.24) is 10.2 Å². The minimum absolute atomic E-state index is 0. The Kier molecular flexibility index (Phi) is 8.30. The summed E-state index contributed by atoms with van der Waals surface area (Å²) in [5.74, 6) is 0.0365. The van der Waals surface area contributed by atoms with Gasteiger partial charge in [0, 0.05) is 25.7 Å². The van der Waals surface area contributed by atoms with E-state index < -0.39 is 0 Å². The molecule has 1 aromatic rings. The van der Waals surface area contributed by atoms with Gasteiger partial charge >= 0.3 is 0 Å². The summed E-state index contributed by atoms with van der Waals surface area (Å²) in [5.41, 5.74) is 7.12. The van der Waals surface area contributed by atoms with Crippen LogP contribution in [0.1, 0.15) is 25.8 Å². The molecular formula is C17H26Cl3N3O. The zero-order chi connectivity index (χ0) is 17.0. The van der Waals surface area contributed by atoms with E-state index in [9.17, 15) is 4.79 Å². The van der Waals surface area contributed by atoms with Gasteiger partial charge in [0.2, 0.25) is 5.91 Å². The molecule has 4 nitrogen and oxygen atoms in total. The second-order valence-corrected chi connectivity index (χ2v) is 7.69. The summed E-state index contributed by atoms with van der Waals surface area (Å²) < 4.78 is 0. The number of carbonyl (C=O) groups excluding carboxylic acids is 1. The van der Waals surface area contributed by atoms with Gasteiger partial charge in [-0.05, 0) is 29.9 Å². The number of nitrogens with zero attached hydrogens (tertiary/aromatic N) is 1. The number of benzene rings is 1.